The Bertz CT molecular complexity index is 470. The van der Waals surface area contributed by atoms with Gasteiger partial charge in [-0.1, -0.05) is 6.07 Å². The van der Waals surface area contributed by atoms with Crippen LogP contribution in [-0.2, 0) is 0 Å². The molecule has 3 heteroatoms. The first-order valence-electron chi connectivity index (χ1n) is 6.99. The smallest absolute Gasteiger partial charge is 0.124 e. The van der Waals surface area contributed by atoms with E-state index in [0.717, 1.165) is 25.4 Å². The summed E-state index contributed by atoms with van der Waals surface area (Å²) < 4.78 is 5.52. The molecule has 1 fully saturated rings. The van der Waals surface area contributed by atoms with E-state index < -0.39 is 0 Å². The summed E-state index contributed by atoms with van der Waals surface area (Å²) in [4.78, 5) is 4.88. The molecular weight excluding hydrogens is 236 g/mol. The summed E-state index contributed by atoms with van der Waals surface area (Å²) in [7, 11) is 6.19. The molecule has 106 valence electrons. The van der Waals surface area contributed by atoms with Gasteiger partial charge in [0.25, 0.3) is 0 Å². The van der Waals surface area contributed by atoms with Crippen molar-refractivity contribution in [1.29, 1.82) is 0 Å². The second-order valence-electron chi connectivity index (χ2n) is 5.82. The predicted octanol–water partition coefficient (Wildman–Crippen LogP) is 2.54. The largest absolute Gasteiger partial charge is 0.496 e. The number of likely N-dealkylation sites (N-methyl/N-ethyl adjacent to an activating group) is 2. The van der Waals surface area contributed by atoms with E-state index in [0.29, 0.717) is 6.04 Å². The minimum atomic E-state index is 0.488. The Balaban J connectivity index is 2.44. The Labute approximate surface area is 117 Å². The second kappa shape index (κ2) is 5.51. The molecule has 2 rings (SSSR count). The molecule has 0 aliphatic carbocycles. The molecule has 0 bridgehead atoms. The summed E-state index contributed by atoms with van der Waals surface area (Å²) in [5, 5.41) is 0. The van der Waals surface area contributed by atoms with Crippen LogP contribution in [0.2, 0.25) is 0 Å². The van der Waals surface area contributed by atoms with Gasteiger partial charge in [-0.05, 0) is 57.1 Å². The standard InChI is InChI=1S/C16H26N2O/c1-11-9-14(12(2)13(3)16(11)19-6)15-10-17(4)7-8-18(15)5/h9,15H,7-8,10H2,1-6H3. The van der Waals surface area contributed by atoms with Crippen LogP contribution in [0.4, 0.5) is 0 Å². The van der Waals surface area contributed by atoms with Crippen LogP contribution in [0.5, 0.6) is 5.75 Å². The van der Waals surface area contributed by atoms with Crippen LogP contribution >= 0.6 is 0 Å². The predicted molar refractivity (Wildman–Crippen MR) is 80.1 cm³/mol. The summed E-state index contributed by atoms with van der Waals surface area (Å²) >= 11 is 0. The van der Waals surface area contributed by atoms with Crippen molar-refractivity contribution in [3.05, 3.63) is 28.3 Å². The molecule has 1 aromatic carbocycles. The lowest BCUT2D eigenvalue weighted by Crippen LogP contribution is -2.45. The molecule has 0 spiro atoms. The fourth-order valence-corrected chi connectivity index (χ4v) is 3.10. The van der Waals surface area contributed by atoms with E-state index in [1.54, 1.807) is 7.11 Å². The summed E-state index contributed by atoms with van der Waals surface area (Å²) in [6.07, 6.45) is 0. The molecule has 0 aromatic heterocycles. The fraction of sp³-hybridized carbons (Fsp3) is 0.625. The van der Waals surface area contributed by atoms with Gasteiger partial charge in [-0.2, -0.15) is 0 Å². The number of benzene rings is 1. The topological polar surface area (TPSA) is 15.7 Å². The number of aryl methyl sites for hydroxylation is 1. The number of hydrogen-bond acceptors (Lipinski definition) is 3. The van der Waals surface area contributed by atoms with E-state index in [1.807, 2.05) is 0 Å². The lowest BCUT2D eigenvalue weighted by Gasteiger charge is -2.39. The quantitative estimate of drug-likeness (QED) is 0.814. The first-order chi connectivity index (χ1) is 8.95. The molecule has 1 aromatic rings. The maximum atomic E-state index is 5.52. The van der Waals surface area contributed by atoms with Crippen molar-refractivity contribution in [3.63, 3.8) is 0 Å². The van der Waals surface area contributed by atoms with Crippen molar-refractivity contribution in [3.8, 4) is 5.75 Å². The van der Waals surface area contributed by atoms with Crippen molar-refractivity contribution >= 4 is 0 Å². The minimum absolute atomic E-state index is 0.488. The Morgan fingerprint density at radius 2 is 1.79 bits per heavy atom. The third kappa shape index (κ3) is 2.63. The molecule has 1 saturated heterocycles. The van der Waals surface area contributed by atoms with E-state index in [1.165, 1.54) is 22.3 Å². The van der Waals surface area contributed by atoms with Crippen LogP contribution in [0.25, 0.3) is 0 Å². The molecule has 19 heavy (non-hydrogen) atoms. The normalized spacial score (nSPS) is 21.7. The maximum Gasteiger partial charge on any atom is 0.124 e. The van der Waals surface area contributed by atoms with Gasteiger partial charge in [0.15, 0.2) is 0 Å². The van der Waals surface area contributed by atoms with E-state index in [9.17, 15) is 0 Å². The molecule has 1 aliphatic heterocycles. The molecule has 1 heterocycles. The van der Waals surface area contributed by atoms with E-state index in [-0.39, 0.29) is 0 Å². The van der Waals surface area contributed by atoms with Gasteiger partial charge in [-0.15, -0.1) is 0 Å². The lowest BCUT2D eigenvalue weighted by atomic mass is 9.92. The van der Waals surface area contributed by atoms with Crippen molar-refractivity contribution in [2.24, 2.45) is 0 Å². The number of piperazine rings is 1. The van der Waals surface area contributed by atoms with Crippen molar-refractivity contribution in [1.82, 2.24) is 9.80 Å². The van der Waals surface area contributed by atoms with Gasteiger partial charge in [0, 0.05) is 25.7 Å². The third-order valence-corrected chi connectivity index (χ3v) is 4.48. The van der Waals surface area contributed by atoms with Crippen LogP contribution in [0, 0.1) is 20.8 Å². The summed E-state index contributed by atoms with van der Waals surface area (Å²) in [5.41, 5.74) is 5.33. The molecule has 3 nitrogen and oxygen atoms in total. The van der Waals surface area contributed by atoms with Gasteiger partial charge in [-0.25, -0.2) is 0 Å². The maximum absolute atomic E-state index is 5.52. The number of hydrogen-bond donors (Lipinski definition) is 0. The van der Waals surface area contributed by atoms with Crippen molar-refractivity contribution in [2.45, 2.75) is 26.8 Å². The van der Waals surface area contributed by atoms with Crippen molar-refractivity contribution in [2.75, 3.05) is 40.8 Å². The van der Waals surface area contributed by atoms with Gasteiger partial charge in [0.2, 0.25) is 0 Å². The van der Waals surface area contributed by atoms with Gasteiger partial charge in [-0.3, -0.25) is 4.90 Å². The first-order valence-corrected chi connectivity index (χ1v) is 6.99. The molecule has 1 atom stereocenters. The highest BCUT2D eigenvalue weighted by Crippen LogP contribution is 2.34. The average Bonchev–Trinajstić information content (AvgIpc) is 2.37. The zero-order chi connectivity index (χ0) is 14.2. The molecular formula is C16H26N2O. The van der Waals surface area contributed by atoms with Crippen LogP contribution in [0.3, 0.4) is 0 Å². The lowest BCUT2D eigenvalue weighted by molar-refractivity contribution is 0.114. The fourth-order valence-electron chi connectivity index (χ4n) is 3.10. The van der Waals surface area contributed by atoms with Gasteiger partial charge in [0.05, 0.1) is 7.11 Å². The number of rotatable bonds is 2. The highest BCUT2D eigenvalue weighted by atomic mass is 16.5. The zero-order valence-electron chi connectivity index (χ0n) is 13.1. The number of nitrogens with zero attached hydrogens (tertiary/aromatic N) is 2. The Hall–Kier alpha value is -1.06. The molecule has 1 unspecified atom stereocenters. The second-order valence-corrected chi connectivity index (χ2v) is 5.82. The highest BCUT2D eigenvalue weighted by Gasteiger charge is 2.26. The summed E-state index contributed by atoms with van der Waals surface area (Å²) in [6.45, 7) is 9.90. The molecule has 0 N–H and O–H groups in total. The number of methoxy groups -OCH3 is 1. The molecule has 1 aliphatic rings. The highest BCUT2D eigenvalue weighted by molar-refractivity contribution is 5.50. The van der Waals surface area contributed by atoms with Crippen LogP contribution < -0.4 is 4.74 Å². The van der Waals surface area contributed by atoms with E-state index >= 15 is 0 Å². The molecule has 0 saturated carbocycles. The zero-order valence-corrected chi connectivity index (χ0v) is 13.1. The molecule has 0 amide bonds. The summed E-state index contributed by atoms with van der Waals surface area (Å²) in [6, 6.07) is 2.80. The van der Waals surface area contributed by atoms with Gasteiger partial charge < -0.3 is 9.64 Å². The van der Waals surface area contributed by atoms with Gasteiger partial charge in [0.1, 0.15) is 5.75 Å². The molecule has 0 radical (unpaired) electrons. The minimum Gasteiger partial charge on any atom is -0.496 e. The first kappa shape index (κ1) is 14.4. The average molecular weight is 262 g/mol. The van der Waals surface area contributed by atoms with Crippen LogP contribution in [-0.4, -0.2) is 50.6 Å². The Morgan fingerprint density at radius 3 is 2.42 bits per heavy atom. The van der Waals surface area contributed by atoms with E-state index in [2.05, 4.69) is 50.7 Å². The SMILES string of the molecule is COc1c(C)cc(C2CN(C)CCN2C)c(C)c1C. The number of ether oxygens (including phenoxy) is 1. The van der Waals surface area contributed by atoms with E-state index in [4.69, 9.17) is 4.74 Å². The van der Waals surface area contributed by atoms with Crippen LogP contribution in [0.15, 0.2) is 6.07 Å². The third-order valence-electron chi connectivity index (χ3n) is 4.48. The van der Waals surface area contributed by atoms with Crippen LogP contribution in [0.1, 0.15) is 28.3 Å². The Kier molecular flexibility index (Phi) is 4.16. The Morgan fingerprint density at radius 1 is 1.11 bits per heavy atom. The monoisotopic (exact) mass is 262 g/mol. The van der Waals surface area contributed by atoms with Crippen molar-refractivity contribution < 1.29 is 4.74 Å². The van der Waals surface area contributed by atoms with Gasteiger partial charge >= 0.3 is 0 Å². The summed E-state index contributed by atoms with van der Waals surface area (Å²) in [5.74, 6) is 1.04.